The van der Waals surface area contributed by atoms with E-state index in [-0.39, 0.29) is 0 Å². The zero-order valence-corrected chi connectivity index (χ0v) is 19.4. The largest absolute Gasteiger partial charge is 0.312 e. The second kappa shape index (κ2) is 9.94. The normalized spacial score (nSPS) is 14.5. The summed E-state index contributed by atoms with van der Waals surface area (Å²) in [5, 5.41) is 6.61. The van der Waals surface area contributed by atoms with Crippen molar-refractivity contribution in [2.24, 2.45) is 5.92 Å². The van der Waals surface area contributed by atoms with E-state index in [1.54, 1.807) is 28.9 Å². The lowest BCUT2D eigenvalue weighted by molar-refractivity contribution is -0.118. The van der Waals surface area contributed by atoms with E-state index in [2.05, 4.69) is 29.5 Å². The molecule has 0 fully saturated rings. The second-order valence-corrected chi connectivity index (χ2v) is 10.2. The monoisotopic (exact) mass is 439 g/mol. The molecule has 4 rings (SSSR count). The zero-order valence-electron chi connectivity index (χ0n) is 17.7. The average Bonchev–Trinajstić information content (AvgIpc) is 3.38. The average molecular weight is 440 g/mol. The Labute approximate surface area is 186 Å². The topological polar surface area (TPSA) is 54.9 Å². The Kier molecular flexibility index (Phi) is 7.08. The fourth-order valence-corrected chi connectivity index (χ4v) is 6.27. The molecule has 0 bridgehead atoms. The van der Waals surface area contributed by atoms with Crippen LogP contribution in [-0.2, 0) is 24.2 Å². The lowest BCUT2D eigenvalue weighted by Gasteiger charge is -2.13. The van der Waals surface area contributed by atoms with Crippen molar-refractivity contribution in [1.29, 1.82) is 0 Å². The van der Waals surface area contributed by atoms with Gasteiger partial charge in [0, 0.05) is 58.0 Å². The lowest BCUT2D eigenvalue weighted by atomic mass is 9.98. The van der Waals surface area contributed by atoms with Gasteiger partial charge in [-0.15, -0.1) is 22.7 Å². The highest BCUT2D eigenvalue weighted by atomic mass is 32.1. The van der Waals surface area contributed by atoms with Crippen molar-refractivity contribution >= 4 is 28.5 Å². The van der Waals surface area contributed by atoms with Crippen molar-refractivity contribution < 1.29 is 4.79 Å². The van der Waals surface area contributed by atoms with Crippen LogP contribution in [0.25, 0.3) is 21.8 Å². The van der Waals surface area contributed by atoms with Crippen molar-refractivity contribution in [1.82, 2.24) is 15.3 Å². The molecule has 1 aliphatic rings. The van der Waals surface area contributed by atoms with Crippen molar-refractivity contribution in [3.63, 3.8) is 0 Å². The second-order valence-electron chi connectivity index (χ2n) is 8.13. The van der Waals surface area contributed by atoms with Crippen LogP contribution >= 0.6 is 22.7 Å². The maximum Gasteiger partial charge on any atom is 0.138 e. The van der Waals surface area contributed by atoms with Gasteiger partial charge >= 0.3 is 0 Å². The van der Waals surface area contributed by atoms with E-state index in [4.69, 9.17) is 4.98 Å². The number of thiazole rings is 1. The molecule has 0 spiro atoms. The number of carbonyl (C=O) groups is 1. The van der Waals surface area contributed by atoms with Gasteiger partial charge in [-0.3, -0.25) is 9.78 Å². The molecule has 0 aromatic carbocycles. The minimum Gasteiger partial charge on any atom is -0.312 e. The minimum absolute atomic E-state index is 0.357. The van der Waals surface area contributed by atoms with E-state index in [1.807, 2.05) is 18.3 Å². The van der Waals surface area contributed by atoms with Gasteiger partial charge < -0.3 is 5.32 Å². The molecule has 0 unspecified atom stereocenters. The van der Waals surface area contributed by atoms with Crippen molar-refractivity contribution in [2.75, 3.05) is 6.54 Å². The summed E-state index contributed by atoms with van der Waals surface area (Å²) in [4.78, 5) is 24.5. The third-order valence-corrected chi connectivity index (χ3v) is 7.98. The van der Waals surface area contributed by atoms with Gasteiger partial charge in [-0.05, 0) is 43.0 Å². The van der Waals surface area contributed by atoms with Crippen LogP contribution in [0.15, 0.2) is 29.9 Å². The SMILES string of the molecule is CC[C@H](C)CCCC(=O)Cc1sc2c(c1-c1nc(-c3cccnc3)cs1)CCNC2. The summed E-state index contributed by atoms with van der Waals surface area (Å²) < 4.78 is 0. The maximum absolute atomic E-state index is 12.8. The molecule has 0 radical (unpaired) electrons. The highest BCUT2D eigenvalue weighted by Gasteiger charge is 2.25. The van der Waals surface area contributed by atoms with Crippen LogP contribution in [0.4, 0.5) is 0 Å². The van der Waals surface area contributed by atoms with Crippen LogP contribution in [0.5, 0.6) is 0 Å². The molecular weight excluding hydrogens is 410 g/mol. The van der Waals surface area contributed by atoms with Crippen molar-refractivity contribution in [3.8, 4) is 21.8 Å². The third kappa shape index (κ3) is 4.88. The van der Waals surface area contributed by atoms with Gasteiger partial charge in [0.2, 0.25) is 0 Å². The van der Waals surface area contributed by atoms with E-state index in [9.17, 15) is 4.79 Å². The van der Waals surface area contributed by atoms with Gasteiger partial charge in [-0.2, -0.15) is 0 Å². The van der Waals surface area contributed by atoms with Gasteiger partial charge in [0.1, 0.15) is 10.8 Å². The Bertz CT molecular complexity index is 993. The first-order chi connectivity index (χ1) is 14.7. The molecule has 0 saturated carbocycles. The molecule has 0 amide bonds. The van der Waals surface area contributed by atoms with E-state index in [1.165, 1.54) is 27.3 Å². The molecule has 1 atom stereocenters. The standard InChI is InChI=1S/C24H29N3OS2/c1-3-16(2)6-4-8-18(28)12-21-23(19-9-11-26-14-22(19)30-21)24-27-20(15-29-24)17-7-5-10-25-13-17/h5,7,10,13,15-16,26H,3-4,6,8-9,11-12,14H2,1-2H3/t16-/m0/s1. The van der Waals surface area contributed by atoms with Gasteiger partial charge in [-0.1, -0.05) is 26.7 Å². The number of Topliss-reactive ketones (excluding diaryl/α,β-unsaturated/α-hetero) is 1. The fourth-order valence-electron chi connectivity index (χ4n) is 3.92. The molecular formula is C24H29N3OS2. The first-order valence-electron chi connectivity index (χ1n) is 10.9. The maximum atomic E-state index is 12.8. The first kappa shape index (κ1) is 21.3. The van der Waals surface area contributed by atoms with Crippen molar-refractivity contribution in [3.05, 3.63) is 45.2 Å². The summed E-state index contributed by atoms with van der Waals surface area (Å²) in [7, 11) is 0. The van der Waals surface area contributed by atoms with E-state index in [0.29, 0.717) is 24.5 Å². The molecule has 1 aliphatic heterocycles. The van der Waals surface area contributed by atoms with E-state index in [0.717, 1.165) is 48.6 Å². The van der Waals surface area contributed by atoms with Crippen LogP contribution in [0.1, 0.15) is 54.8 Å². The highest BCUT2D eigenvalue weighted by molar-refractivity contribution is 7.15. The quantitative estimate of drug-likeness (QED) is 0.450. The lowest BCUT2D eigenvalue weighted by Crippen LogP contribution is -2.22. The minimum atomic E-state index is 0.357. The first-order valence-corrected chi connectivity index (χ1v) is 12.6. The van der Waals surface area contributed by atoms with Crippen LogP contribution < -0.4 is 5.32 Å². The Hall–Kier alpha value is -1.89. The van der Waals surface area contributed by atoms with Gasteiger partial charge in [0.15, 0.2) is 0 Å². The molecule has 3 aromatic rings. The van der Waals surface area contributed by atoms with E-state index >= 15 is 0 Å². The number of fused-ring (bicyclic) bond motifs is 1. The fraction of sp³-hybridized carbons (Fsp3) is 0.458. The molecule has 158 valence electrons. The molecule has 0 saturated heterocycles. The summed E-state index contributed by atoms with van der Waals surface area (Å²) in [6.45, 7) is 6.37. The zero-order chi connectivity index (χ0) is 20.9. The number of pyridine rings is 1. The summed E-state index contributed by atoms with van der Waals surface area (Å²) in [5.41, 5.74) is 4.62. The predicted molar refractivity (Wildman–Crippen MR) is 126 cm³/mol. The Balaban J connectivity index is 1.57. The van der Waals surface area contributed by atoms with Crippen molar-refractivity contribution in [2.45, 2.75) is 58.9 Å². The van der Waals surface area contributed by atoms with Crippen LogP contribution in [0.3, 0.4) is 0 Å². The predicted octanol–water partition coefficient (Wildman–Crippen LogP) is 5.91. The van der Waals surface area contributed by atoms with E-state index < -0.39 is 0 Å². The van der Waals surface area contributed by atoms with Gasteiger partial charge in [-0.25, -0.2) is 4.98 Å². The Morgan fingerprint density at radius 1 is 1.37 bits per heavy atom. The summed E-state index contributed by atoms with van der Waals surface area (Å²) >= 11 is 3.48. The van der Waals surface area contributed by atoms with Crippen LogP contribution in [-0.4, -0.2) is 22.3 Å². The number of nitrogens with one attached hydrogen (secondary N) is 1. The van der Waals surface area contributed by atoms with Crippen LogP contribution in [0.2, 0.25) is 0 Å². The molecule has 3 aromatic heterocycles. The number of nitrogens with zero attached hydrogens (tertiary/aromatic N) is 2. The molecule has 4 heterocycles. The Morgan fingerprint density at radius 2 is 2.27 bits per heavy atom. The number of thiophene rings is 1. The third-order valence-electron chi connectivity index (χ3n) is 5.88. The number of carbonyl (C=O) groups excluding carboxylic acids is 1. The highest BCUT2D eigenvalue weighted by Crippen LogP contribution is 2.41. The smallest absolute Gasteiger partial charge is 0.138 e. The van der Waals surface area contributed by atoms with Crippen LogP contribution in [0, 0.1) is 5.92 Å². The number of hydrogen-bond donors (Lipinski definition) is 1. The molecule has 6 heteroatoms. The summed E-state index contributed by atoms with van der Waals surface area (Å²) in [6.07, 6.45) is 9.19. The number of rotatable bonds is 9. The molecule has 4 nitrogen and oxygen atoms in total. The molecule has 30 heavy (non-hydrogen) atoms. The molecule has 1 N–H and O–H groups in total. The summed E-state index contributed by atoms with van der Waals surface area (Å²) in [5.74, 6) is 1.06. The number of ketones is 1. The number of aromatic nitrogens is 2. The summed E-state index contributed by atoms with van der Waals surface area (Å²) in [6, 6.07) is 3.98. The van der Waals surface area contributed by atoms with Gasteiger partial charge in [0.05, 0.1) is 5.69 Å². The Morgan fingerprint density at radius 3 is 3.07 bits per heavy atom. The number of hydrogen-bond acceptors (Lipinski definition) is 6. The van der Waals surface area contributed by atoms with Gasteiger partial charge in [0.25, 0.3) is 0 Å². The molecule has 0 aliphatic carbocycles.